The zero-order valence-electron chi connectivity index (χ0n) is 14.2. The lowest BCUT2D eigenvalue weighted by Gasteiger charge is -2.25. The molecule has 3 aliphatic rings. The zero-order valence-corrected chi connectivity index (χ0v) is 14.2. The van der Waals surface area contributed by atoms with E-state index in [2.05, 4.69) is 25.7 Å². The summed E-state index contributed by atoms with van der Waals surface area (Å²) in [5.74, 6) is 2.60. The minimum Gasteiger partial charge on any atom is -0.352 e. The summed E-state index contributed by atoms with van der Waals surface area (Å²) in [4.78, 5) is 14.5. The van der Waals surface area contributed by atoms with Crippen LogP contribution < -0.4 is 15.5 Å². The third-order valence-electron chi connectivity index (χ3n) is 5.48. The molecule has 6 heteroatoms. The van der Waals surface area contributed by atoms with E-state index in [4.69, 9.17) is 0 Å². The molecule has 0 aromatic carbocycles. The number of rotatable bonds is 8. The van der Waals surface area contributed by atoms with Crippen LogP contribution in [0.25, 0.3) is 0 Å². The Labute approximate surface area is 143 Å². The van der Waals surface area contributed by atoms with Crippen molar-refractivity contribution in [3.05, 3.63) is 18.3 Å². The molecule has 1 aliphatic heterocycles. The van der Waals surface area contributed by atoms with E-state index < -0.39 is 0 Å². The molecule has 0 radical (unpaired) electrons. The normalized spacial score (nSPS) is 23.7. The number of hydrogen-bond acceptors (Lipinski definition) is 5. The Morgan fingerprint density at radius 3 is 2.71 bits per heavy atom. The predicted octanol–water partition coefficient (Wildman–Crippen LogP) is 1.34. The van der Waals surface area contributed by atoms with Crippen molar-refractivity contribution in [1.82, 2.24) is 20.8 Å². The second-order valence-electron chi connectivity index (χ2n) is 7.47. The van der Waals surface area contributed by atoms with Gasteiger partial charge < -0.3 is 15.5 Å². The van der Waals surface area contributed by atoms with E-state index in [0.717, 1.165) is 37.2 Å². The summed E-state index contributed by atoms with van der Waals surface area (Å²) in [6, 6.07) is 4.78. The van der Waals surface area contributed by atoms with Crippen molar-refractivity contribution >= 4 is 11.7 Å². The highest BCUT2D eigenvalue weighted by Gasteiger charge is 2.42. The first-order chi connectivity index (χ1) is 11.8. The summed E-state index contributed by atoms with van der Waals surface area (Å²) < 4.78 is 0. The van der Waals surface area contributed by atoms with Gasteiger partial charge in [-0.2, -0.15) is 5.10 Å². The fourth-order valence-electron chi connectivity index (χ4n) is 3.92. The van der Waals surface area contributed by atoms with Gasteiger partial charge in [-0.15, -0.1) is 5.10 Å². The third kappa shape index (κ3) is 3.86. The van der Waals surface area contributed by atoms with Gasteiger partial charge in [-0.1, -0.05) is 0 Å². The fourth-order valence-corrected chi connectivity index (χ4v) is 3.92. The second kappa shape index (κ2) is 7.05. The number of carbonyl (C=O) groups excluding carboxylic acids is 1. The Kier molecular flexibility index (Phi) is 4.65. The van der Waals surface area contributed by atoms with Crippen LogP contribution in [0.1, 0.15) is 38.5 Å². The lowest BCUT2D eigenvalue weighted by molar-refractivity contribution is -0.121. The van der Waals surface area contributed by atoms with Crippen LogP contribution in [-0.2, 0) is 4.79 Å². The van der Waals surface area contributed by atoms with Crippen molar-refractivity contribution in [2.75, 3.05) is 24.5 Å². The van der Waals surface area contributed by atoms with Gasteiger partial charge in [-0.25, -0.2) is 0 Å². The molecule has 1 atom stereocenters. The topological polar surface area (TPSA) is 70.2 Å². The van der Waals surface area contributed by atoms with E-state index in [1.165, 1.54) is 32.1 Å². The van der Waals surface area contributed by atoms with Crippen LogP contribution in [-0.4, -0.2) is 47.8 Å². The molecule has 24 heavy (non-hydrogen) atoms. The summed E-state index contributed by atoms with van der Waals surface area (Å²) in [5, 5.41) is 14.8. The summed E-state index contributed by atoms with van der Waals surface area (Å²) in [6.45, 7) is 2.25. The number of anilines is 1. The summed E-state index contributed by atoms with van der Waals surface area (Å²) >= 11 is 0. The van der Waals surface area contributed by atoms with Gasteiger partial charge in [0, 0.05) is 31.4 Å². The maximum atomic E-state index is 12.2. The number of nitrogens with zero attached hydrogens (tertiary/aromatic N) is 3. The SMILES string of the molecule is O=C(CNC[C@H]1CCCN1c1cccnn1)NC(C1CC1)C1CC1. The Morgan fingerprint density at radius 2 is 2.04 bits per heavy atom. The van der Waals surface area contributed by atoms with Crippen LogP contribution >= 0.6 is 0 Å². The molecule has 2 saturated carbocycles. The van der Waals surface area contributed by atoms with Crippen molar-refractivity contribution in [2.24, 2.45) is 11.8 Å². The standard InChI is InChI=1S/C18H27N5O/c24-17(21-18(13-5-6-13)14-7-8-14)12-19-11-15-3-2-10-23(15)16-4-1-9-20-22-16/h1,4,9,13-15,18-19H,2-3,5-8,10-12H2,(H,21,24)/t15-/m1/s1. The van der Waals surface area contributed by atoms with Crippen LogP contribution in [0.3, 0.4) is 0 Å². The molecule has 6 nitrogen and oxygen atoms in total. The molecular formula is C18H27N5O. The molecule has 0 bridgehead atoms. The quantitative estimate of drug-likeness (QED) is 0.753. The number of nitrogens with one attached hydrogen (secondary N) is 2. The van der Waals surface area contributed by atoms with Gasteiger partial charge in [0.15, 0.2) is 5.82 Å². The average molecular weight is 329 g/mol. The minimum absolute atomic E-state index is 0.155. The van der Waals surface area contributed by atoms with Gasteiger partial charge in [0.2, 0.25) is 5.91 Å². The van der Waals surface area contributed by atoms with Crippen LogP contribution in [0, 0.1) is 11.8 Å². The highest BCUT2D eigenvalue weighted by atomic mass is 16.2. The molecule has 1 aromatic heterocycles. The Morgan fingerprint density at radius 1 is 1.25 bits per heavy atom. The van der Waals surface area contributed by atoms with Crippen LogP contribution in [0.4, 0.5) is 5.82 Å². The molecule has 130 valence electrons. The van der Waals surface area contributed by atoms with E-state index >= 15 is 0 Å². The van der Waals surface area contributed by atoms with Crippen molar-refractivity contribution in [2.45, 2.75) is 50.6 Å². The first-order valence-corrected chi connectivity index (χ1v) is 9.35. The number of carbonyl (C=O) groups is 1. The Hall–Kier alpha value is -1.69. The van der Waals surface area contributed by atoms with Crippen LogP contribution in [0.2, 0.25) is 0 Å². The lowest BCUT2D eigenvalue weighted by atomic mass is 10.1. The summed E-state index contributed by atoms with van der Waals surface area (Å²) in [7, 11) is 0. The molecule has 1 amide bonds. The van der Waals surface area contributed by atoms with Crippen LogP contribution in [0.5, 0.6) is 0 Å². The molecule has 2 aliphatic carbocycles. The number of amides is 1. The molecule has 1 aromatic rings. The first kappa shape index (κ1) is 15.8. The van der Waals surface area contributed by atoms with E-state index in [1.54, 1.807) is 6.20 Å². The predicted molar refractivity (Wildman–Crippen MR) is 92.6 cm³/mol. The largest absolute Gasteiger partial charge is 0.352 e. The Bertz CT molecular complexity index is 546. The summed E-state index contributed by atoms with van der Waals surface area (Å²) in [5.41, 5.74) is 0. The molecule has 2 N–H and O–H groups in total. The second-order valence-corrected chi connectivity index (χ2v) is 7.47. The number of hydrogen-bond donors (Lipinski definition) is 2. The molecular weight excluding hydrogens is 302 g/mol. The van der Waals surface area contributed by atoms with Gasteiger partial charge in [0.1, 0.15) is 0 Å². The van der Waals surface area contributed by atoms with E-state index in [1.807, 2.05) is 12.1 Å². The number of aromatic nitrogens is 2. The van der Waals surface area contributed by atoms with Crippen molar-refractivity contribution in [3.63, 3.8) is 0 Å². The first-order valence-electron chi connectivity index (χ1n) is 9.35. The van der Waals surface area contributed by atoms with Crippen molar-refractivity contribution in [1.29, 1.82) is 0 Å². The minimum atomic E-state index is 0.155. The fraction of sp³-hybridized carbons (Fsp3) is 0.722. The van der Waals surface area contributed by atoms with Crippen LogP contribution in [0.15, 0.2) is 18.3 Å². The smallest absolute Gasteiger partial charge is 0.234 e. The van der Waals surface area contributed by atoms with Gasteiger partial charge >= 0.3 is 0 Å². The van der Waals surface area contributed by atoms with Gasteiger partial charge in [0.25, 0.3) is 0 Å². The monoisotopic (exact) mass is 329 g/mol. The lowest BCUT2D eigenvalue weighted by Crippen LogP contribution is -2.45. The van der Waals surface area contributed by atoms with Crippen molar-refractivity contribution in [3.8, 4) is 0 Å². The summed E-state index contributed by atoms with van der Waals surface area (Å²) in [6.07, 6.45) is 9.19. The molecule has 4 rings (SSSR count). The molecule has 0 unspecified atom stereocenters. The van der Waals surface area contributed by atoms with E-state index in [9.17, 15) is 4.79 Å². The average Bonchev–Trinajstić information content (AvgIpc) is 3.52. The molecule has 3 fully saturated rings. The molecule has 2 heterocycles. The maximum absolute atomic E-state index is 12.2. The third-order valence-corrected chi connectivity index (χ3v) is 5.48. The Balaban J connectivity index is 1.22. The van der Waals surface area contributed by atoms with Gasteiger partial charge in [-0.3, -0.25) is 4.79 Å². The van der Waals surface area contributed by atoms with Gasteiger partial charge in [-0.05, 0) is 62.5 Å². The highest BCUT2D eigenvalue weighted by molar-refractivity contribution is 5.78. The molecule has 1 saturated heterocycles. The van der Waals surface area contributed by atoms with Gasteiger partial charge in [0.05, 0.1) is 6.54 Å². The van der Waals surface area contributed by atoms with E-state index in [0.29, 0.717) is 18.6 Å². The zero-order chi connectivity index (χ0) is 16.4. The highest BCUT2D eigenvalue weighted by Crippen LogP contribution is 2.44. The maximum Gasteiger partial charge on any atom is 0.234 e. The molecule has 0 spiro atoms. The van der Waals surface area contributed by atoms with E-state index in [-0.39, 0.29) is 5.91 Å². The van der Waals surface area contributed by atoms with Crippen molar-refractivity contribution < 1.29 is 4.79 Å².